The first-order valence-electron chi connectivity index (χ1n) is 11.7. The first kappa shape index (κ1) is 23.7. The van der Waals surface area contributed by atoms with Crippen LogP contribution < -0.4 is 5.32 Å². The second-order valence-corrected chi connectivity index (χ2v) is 10.1. The minimum absolute atomic E-state index is 0.0395. The van der Waals surface area contributed by atoms with Crippen LogP contribution in [-0.4, -0.2) is 28.5 Å². The molecule has 0 aromatic heterocycles. The van der Waals surface area contributed by atoms with Crippen molar-refractivity contribution in [2.45, 2.75) is 38.8 Å². The van der Waals surface area contributed by atoms with Gasteiger partial charge in [-0.05, 0) is 48.3 Å². The van der Waals surface area contributed by atoms with Gasteiger partial charge in [0.15, 0.2) is 5.17 Å². The van der Waals surface area contributed by atoms with Gasteiger partial charge in [-0.15, -0.1) is 0 Å². The predicted octanol–water partition coefficient (Wildman–Crippen LogP) is 5.57. The molecule has 1 saturated carbocycles. The number of allylic oxidation sites excluding steroid dienone is 1. The van der Waals surface area contributed by atoms with E-state index in [0.29, 0.717) is 28.8 Å². The number of aliphatic imine (C=N–C) groups is 1. The maximum absolute atomic E-state index is 13.5. The molecule has 2 aromatic carbocycles. The van der Waals surface area contributed by atoms with Gasteiger partial charge < -0.3 is 15.0 Å². The van der Waals surface area contributed by atoms with Gasteiger partial charge >= 0.3 is 5.97 Å². The van der Waals surface area contributed by atoms with E-state index >= 15 is 0 Å². The number of rotatable bonds is 8. The lowest BCUT2D eigenvalue weighted by atomic mass is 9.93. The molecule has 0 saturated heterocycles. The van der Waals surface area contributed by atoms with Crippen molar-refractivity contribution >= 4 is 40.4 Å². The number of fused-ring (bicyclic) bond motifs is 1. The number of carbonyl (C=O) groups is 2. The number of nitrogens with zero attached hydrogens (tertiary/aromatic N) is 2. The second-order valence-electron chi connectivity index (χ2n) is 8.90. The summed E-state index contributed by atoms with van der Waals surface area (Å²) in [7, 11) is 0. The van der Waals surface area contributed by atoms with Crippen LogP contribution in [0, 0.1) is 5.92 Å². The normalized spacial score (nSPS) is 19.1. The Bertz CT molecular complexity index is 1240. The molecule has 6 nitrogen and oxygen atoms in total. The SMILES string of the molecule is CC1=C(C(=O)OCc2ccccc2)[C@H](c2ccccc2Cl)N2C(CC(=O)NCC3CC3)=CSC2=N1. The van der Waals surface area contributed by atoms with Crippen LogP contribution in [0.25, 0.3) is 0 Å². The Kier molecular flexibility index (Phi) is 6.97. The molecule has 1 aliphatic carbocycles. The predicted molar refractivity (Wildman–Crippen MR) is 138 cm³/mol. The first-order valence-corrected chi connectivity index (χ1v) is 12.9. The van der Waals surface area contributed by atoms with E-state index in [-0.39, 0.29) is 18.9 Å². The summed E-state index contributed by atoms with van der Waals surface area (Å²) in [5.41, 5.74) is 3.45. The van der Waals surface area contributed by atoms with E-state index in [1.54, 1.807) is 6.07 Å². The van der Waals surface area contributed by atoms with Gasteiger partial charge in [0.05, 0.1) is 23.7 Å². The number of hydrogen-bond donors (Lipinski definition) is 1. The van der Waals surface area contributed by atoms with Gasteiger partial charge in [-0.1, -0.05) is 71.9 Å². The summed E-state index contributed by atoms with van der Waals surface area (Å²) >= 11 is 8.09. The maximum atomic E-state index is 13.5. The Morgan fingerprint density at radius 1 is 1.14 bits per heavy atom. The van der Waals surface area contributed by atoms with Crippen molar-refractivity contribution in [3.63, 3.8) is 0 Å². The van der Waals surface area contributed by atoms with Crippen molar-refractivity contribution in [2.24, 2.45) is 10.9 Å². The summed E-state index contributed by atoms with van der Waals surface area (Å²) in [6.07, 6.45) is 2.55. The number of ether oxygens (including phenoxy) is 1. The highest BCUT2D eigenvalue weighted by Gasteiger charge is 2.42. The summed E-state index contributed by atoms with van der Waals surface area (Å²) in [4.78, 5) is 32.8. The zero-order valence-electron chi connectivity index (χ0n) is 19.4. The van der Waals surface area contributed by atoms with E-state index in [1.165, 1.54) is 24.6 Å². The summed E-state index contributed by atoms with van der Waals surface area (Å²) < 4.78 is 5.72. The number of thioether (sulfide) groups is 1. The van der Waals surface area contributed by atoms with Crippen molar-refractivity contribution in [1.29, 1.82) is 0 Å². The molecule has 1 atom stereocenters. The van der Waals surface area contributed by atoms with E-state index in [9.17, 15) is 9.59 Å². The molecule has 2 aliphatic heterocycles. The number of halogens is 1. The van der Waals surface area contributed by atoms with Crippen molar-refractivity contribution in [3.05, 3.63) is 93.1 Å². The minimum atomic E-state index is -0.544. The molecule has 8 heteroatoms. The van der Waals surface area contributed by atoms with Crippen LogP contribution in [-0.2, 0) is 20.9 Å². The van der Waals surface area contributed by atoms with Gasteiger partial charge in [0.1, 0.15) is 6.61 Å². The van der Waals surface area contributed by atoms with Crippen LogP contribution in [0.5, 0.6) is 0 Å². The first-order chi connectivity index (χ1) is 17.0. The standard InChI is InChI=1S/C27H26ClN3O3S/c1-17-24(26(33)34-15-19-7-3-2-4-8-19)25(21-9-5-6-10-22(21)28)31-20(16-35-27(31)30-17)13-23(32)29-14-18-11-12-18/h2-10,16,18,25H,11-15H2,1H3,(H,29,32)/t25-/m0/s1. The van der Waals surface area contributed by atoms with Crippen LogP contribution in [0.2, 0.25) is 5.02 Å². The molecule has 0 bridgehead atoms. The maximum Gasteiger partial charge on any atom is 0.338 e. The second kappa shape index (κ2) is 10.3. The van der Waals surface area contributed by atoms with E-state index < -0.39 is 12.0 Å². The molecule has 1 fully saturated rings. The average Bonchev–Trinajstić information content (AvgIpc) is 3.62. The molecular weight excluding hydrogens is 482 g/mol. The topological polar surface area (TPSA) is 71.0 Å². The van der Waals surface area contributed by atoms with Crippen LogP contribution in [0.15, 0.2) is 82.0 Å². The van der Waals surface area contributed by atoms with Gasteiger partial charge in [0, 0.05) is 17.3 Å². The molecule has 0 radical (unpaired) electrons. The Labute approximate surface area is 214 Å². The van der Waals surface area contributed by atoms with E-state index in [0.717, 1.165) is 22.0 Å². The molecule has 2 heterocycles. The fourth-order valence-corrected chi connectivity index (χ4v) is 5.43. The smallest absolute Gasteiger partial charge is 0.338 e. The molecule has 2 aromatic rings. The summed E-state index contributed by atoms with van der Waals surface area (Å²) in [6.45, 7) is 2.68. The lowest BCUT2D eigenvalue weighted by Gasteiger charge is -2.36. The Hall–Kier alpha value is -3.03. The highest BCUT2D eigenvalue weighted by Crippen LogP contribution is 2.46. The highest BCUT2D eigenvalue weighted by atomic mass is 35.5. The zero-order chi connectivity index (χ0) is 24.4. The van der Waals surface area contributed by atoms with Crippen molar-refractivity contribution in [2.75, 3.05) is 6.54 Å². The van der Waals surface area contributed by atoms with E-state index in [2.05, 4.69) is 5.32 Å². The zero-order valence-corrected chi connectivity index (χ0v) is 20.9. The lowest BCUT2D eigenvalue weighted by molar-refractivity contribution is -0.141. The number of amides is 1. The monoisotopic (exact) mass is 507 g/mol. The Morgan fingerprint density at radius 3 is 2.63 bits per heavy atom. The molecule has 1 N–H and O–H groups in total. The van der Waals surface area contributed by atoms with Crippen molar-refractivity contribution < 1.29 is 14.3 Å². The summed E-state index contributed by atoms with van der Waals surface area (Å²) in [6, 6.07) is 16.5. The average molecular weight is 508 g/mol. The largest absolute Gasteiger partial charge is 0.457 e. The molecule has 0 unspecified atom stereocenters. The highest BCUT2D eigenvalue weighted by molar-refractivity contribution is 8.16. The van der Waals surface area contributed by atoms with Gasteiger partial charge in [0.25, 0.3) is 0 Å². The summed E-state index contributed by atoms with van der Waals surface area (Å²) in [5.74, 6) is 0.112. The molecule has 0 spiro atoms. The molecule has 35 heavy (non-hydrogen) atoms. The Morgan fingerprint density at radius 2 is 1.89 bits per heavy atom. The summed E-state index contributed by atoms with van der Waals surface area (Å²) in [5, 5.41) is 6.22. The molecule has 3 aliphatic rings. The van der Waals surface area contributed by atoms with Crippen LogP contribution >= 0.6 is 23.4 Å². The third kappa shape index (κ3) is 5.31. The van der Waals surface area contributed by atoms with Crippen LogP contribution in [0.1, 0.15) is 43.4 Å². The van der Waals surface area contributed by atoms with Gasteiger partial charge in [-0.25, -0.2) is 9.79 Å². The fraction of sp³-hybridized carbons (Fsp3) is 0.296. The van der Waals surface area contributed by atoms with Crippen LogP contribution in [0.4, 0.5) is 0 Å². The van der Waals surface area contributed by atoms with Gasteiger partial charge in [0.2, 0.25) is 5.91 Å². The van der Waals surface area contributed by atoms with Gasteiger partial charge in [-0.3, -0.25) is 4.79 Å². The molecule has 5 rings (SSSR count). The number of nitrogens with one attached hydrogen (secondary N) is 1. The molecular formula is C27H26ClN3O3S. The quantitative estimate of drug-likeness (QED) is 0.473. The van der Waals surface area contributed by atoms with Crippen molar-refractivity contribution in [3.8, 4) is 0 Å². The van der Waals surface area contributed by atoms with E-state index in [1.807, 2.05) is 65.8 Å². The molecule has 1 amide bonds. The minimum Gasteiger partial charge on any atom is -0.457 e. The molecule has 180 valence electrons. The van der Waals surface area contributed by atoms with Gasteiger partial charge in [-0.2, -0.15) is 0 Å². The lowest BCUT2D eigenvalue weighted by Crippen LogP contribution is -2.38. The van der Waals surface area contributed by atoms with Crippen LogP contribution in [0.3, 0.4) is 0 Å². The number of esters is 1. The number of amidine groups is 1. The Balaban J connectivity index is 1.44. The number of benzene rings is 2. The third-order valence-electron chi connectivity index (χ3n) is 6.26. The number of carbonyl (C=O) groups excluding carboxylic acids is 2. The fourth-order valence-electron chi connectivity index (χ4n) is 4.23. The third-order valence-corrected chi connectivity index (χ3v) is 7.49. The number of hydrogen-bond acceptors (Lipinski definition) is 6. The van der Waals surface area contributed by atoms with Crippen molar-refractivity contribution in [1.82, 2.24) is 10.2 Å². The van der Waals surface area contributed by atoms with E-state index in [4.69, 9.17) is 21.3 Å².